The summed E-state index contributed by atoms with van der Waals surface area (Å²) in [6.07, 6.45) is 6.74. The van der Waals surface area contributed by atoms with Crippen LogP contribution in [-0.2, 0) is 24.2 Å². The first-order valence-electron chi connectivity index (χ1n) is 10.2. The molecule has 2 fully saturated rings. The van der Waals surface area contributed by atoms with Gasteiger partial charge in [0.2, 0.25) is 0 Å². The van der Waals surface area contributed by atoms with Crippen molar-refractivity contribution in [2.45, 2.75) is 64.0 Å². The van der Waals surface area contributed by atoms with E-state index in [-0.39, 0.29) is 24.4 Å². The third kappa shape index (κ3) is 2.50. The minimum atomic E-state index is -0.786. The third-order valence-electron chi connectivity index (χ3n) is 6.87. The van der Waals surface area contributed by atoms with Gasteiger partial charge in [0.25, 0.3) is 5.91 Å². The third-order valence-corrected chi connectivity index (χ3v) is 6.87. The molecule has 2 aromatic rings. The largest absolute Gasteiger partial charge is 0.423 e. The molecule has 146 valence electrons. The number of imide groups is 1. The molecule has 5 rings (SSSR count). The Morgan fingerprint density at radius 1 is 1.11 bits per heavy atom. The fourth-order valence-electron chi connectivity index (χ4n) is 5.23. The number of hydrogen-bond acceptors (Lipinski definition) is 4. The maximum atomic E-state index is 13.3. The zero-order valence-electron chi connectivity index (χ0n) is 16.0. The topological polar surface area (TPSA) is 79.6 Å². The molecule has 1 aromatic heterocycles. The fraction of sp³-hybridized carbons (Fsp3) is 0.500. The van der Waals surface area contributed by atoms with E-state index in [2.05, 4.69) is 11.4 Å². The number of aryl methyl sites for hydroxylation is 2. The lowest BCUT2D eigenvalue weighted by molar-refractivity contribution is -0.134. The molecule has 0 radical (unpaired) electrons. The van der Waals surface area contributed by atoms with Crippen molar-refractivity contribution in [2.24, 2.45) is 5.92 Å². The second-order valence-corrected chi connectivity index (χ2v) is 8.50. The monoisotopic (exact) mass is 380 g/mol. The van der Waals surface area contributed by atoms with Gasteiger partial charge in [-0.3, -0.25) is 9.69 Å². The van der Waals surface area contributed by atoms with E-state index in [1.807, 2.05) is 13.0 Å². The van der Waals surface area contributed by atoms with Crippen LogP contribution in [0.25, 0.3) is 11.0 Å². The summed E-state index contributed by atoms with van der Waals surface area (Å²) in [5, 5.41) is 3.80. The Balaban J connectivity index is 1.54. The van der Waals surface area contributed by atoms with E-state index >= 15 is 0 Å². The van der Waals surface area contributed by atoms with Crippen LogP contribution in [0.2, 0.25) is 0 Å². The van der Waals surface area contributed by atoms with E-state index in [0.717, 1.165) is 43.9 Å². The van der Waals surface area contributed by atoms with Gasteiger partial charge in [0, 0.05) is 11.5 Å². The molecular formula is C22H24N2O4. The van der Waals surface area contributed by atoms with Crippen LogP contribution in [0.4, 0.5) is 4.79 Å². The predicted molar refractivity (Wildman–Crippen MR) is 104 cm³/mol. The molecule has 1 aliphatic heterocycles. The molecule has 6 nitrogen and oxygen atoms in total. The van der Waals surface area contributed by atoms with Crippen molar-refractivity contribution < 1.29 is 14.0 Å². The van der Waals surface area contributed by atoms with Gasteiger partial charge in [-0.05, 0) is 66.8 Å². The van der Waals surface area contributed by atoms with E-state index in [1.54, 1.807) is 0 Å². The Hall–Kier alpha value is -2.63. The van der Waals surface area contributed by atoms with E-state index < -0.39 is 11.2 Å². The first kappa shape index (κ1) is 17.5. The normalized spacial score (nSPS) is 26.9. The van der Waals surface area contributed by atoms with Gasteiger partial charge in [-0.1, -0.05) is 19.8 Å². The Morgan fingerprint density at radius 3 is 2.68 bits per heavy atom. The van der Waals surface area contributed by atoms with E-state index in [9.17, 15) is 14.4 Å². The molecule has 6 heteroatoms. The highest BCUT2D eigenvalue weighted by Crippen LogP contribution is 2.39. The molecule has 2 atom stereocenters. The quantitative estimate of drug-likeness (QED) is 0.640. The molecule has 2 unspecified atom stereocenters. The molecule has 2 heterocycles. The maximum Gasteiger partial charge on any atom is 0.336 e. The fourth-order valence-corrected chi connectivity index (χ4v) is 5.23. The van der Waals surface area contributed by atoms with Crippen molar-refractivity contribution in [1.82, 2.24) is 10.2 Å². The summed E-state index contributed by atoms with van der Waals surface area (Å²) < 4.78 is 5.41. The first-order chi connectivity index (χ1) is 13.5. The van der Waals surface area contributed by atoms with Gasteiger partial charge in [0.1, 0.15) is 11.1 Å². The molecule has 3 aliphatic rings. The molecule has 1 aromatic carbocycles. The number of benzene rings is 1. The lowest BCUT2D eigenvalue weighted by Gasteiger charge is -2.36. The van der Waals surface area contributed by atoms with Gasteiger partial charge in [-0.2, -0.15) is 0 Å². The number of rotatable bonds is 2. The SMILES string of the molecule is CC1CCCCC12NC(=O)N(Cc1cc(=O)oc3cc4c(cc13)CCC4)C2=O. The van der Waals surface area contributed by atoms with Crippen molar-refractivity contribution in [1.29, 1.82) is 0 Å². The molecule has 28 heavy (non-hydrogen) atoms. The zero-order chi connectivity index (χ0) is 19.5. The summed E-state index contributed by atoms with van der Waals surface area (Å²) in [5.41, 5.74) is 2.45. The highest BCUT2D eigenvalue weighted by atomic mass is 16.4. The number of nitrogens with zero attached hydrogens (tertiary/aromatic N) is 1. The highest BCUT2D eigenvalue weighted by Gasteiger charge is 2.54. The minimum absolute atomic E-state index is 0.0972. The maximum absolute atomic E-state index is 13.3. The summed E-state index contributed by atoms with van der Waals surface area (Å²) in [6.45, 7) is 2.14. The zero-order valence-corrected chi connectivity index (χ0v) is 16.0. The average Bonchev–Trinajstić information content (AvgIpc) is 3.21. The lowest BCUT2D eigenvalue weighted by atomic mass is 9.73. The van der Waals surface area contributed by atoms with Gasteiger partial charge in [0.15, 0.2) is 0 Å². The Labute approximate surface area is 162 Å². The van der Waals surface area contributed by atoms with E-state index in [0.29, 0.717) is 17.6 Å². The van der Waals surface area contributed by atoms with Crippen molar-refractivity contribution in [3.05, 3.63) is 45.3 Å². The van der Waals surface area contributed by atoms with Crippen molar-refractivity contribution in [2.75, 3.05) is 0 Å². The van der Waals surface area contributed by atoms with Crippen LogP contribution < -0.4 is 10.9 Å². The highest BCUT2D eigenvalue weighted by molar-refractivity contribution is 6.07. The lowest BCUT2D eigenvalue weighted by Crippen LogP contribution is -2.53. The summed E-state index contributed by atoms with van der Waals surface area (Å²) in [7, 11) is 0. The van der Waals surface area contributed by atoms with Crippen molar-refractivity contribution >= 4 is 22.9 Å². The van der Waals surface area contributed by atoms with Crippen LogP contribution in [0.5, 0.6) is 0 Å². The summed E-state index contributed by atoms with van der Waals surface area (Å²) in [4.78, 5) is 39.4. The van der Waals surface area contributed by atoms with Gasteiger partial charge >= 0.3 is 11.7 Å². The van der Waals surface area contributed by atoms with Gasteiger partial charge in [-0.15, -0.1) is 0 Å². The smallest absolute Gasteiger partial charge is 0.336 e. The van der Waals surface area contributed by atoms with Gasteiger partial charge < -0.3 is 9.73 Å². The number of carbonyl (C=O) groups excluding carboxylic acids is 2. The predicted octanol–water partition coefficient (Wildman–Crippen LogP) is 3.28. The number of fused-ring (bicyclic) bond motifs is 2. The minimum Gasteiger partial charge on any atom is -0.423 e. The van der Waals surface area contributed by atoms with Gasteiger partial charge in [0.05, 0.1) is 6.54 Å². The Morgan fingerprint density at radius 2 is 1.89 bits per heavy atom. The Bertz CT molecular complexity index is 1060. The number of urea groups is 1. The summed E-state index contributed by atoms with van der Waals surface area (Å²) in [6, 6.07) is 5.06. The van der Waals surface area contributed by atoms with Crippen LogP contribution in [0.1, 0.15) is 55.7 Å². The molecule has 1 N–H and O–H groups in total. The first-order valence-corrected chi connectivity index (χ1v) is 10.2. The molecule has 3 amide bonds. The average molecular weight is 380 g/mol. The summed E-state index contributed by atoms with van der Waals surface area (Å²) >= 11 is 0. The molecular weight excluding hydrogens is 356 g/mol. The molecule has 1 saturated carbocycles. The van der Waals surface area contributed by atoms with Crippen LogP contribution >= 0.6 is 0 Å². The number of amides is 3. The second-order valence-electron chi connectivity index (χ2n) is 8.50. The van der Waals surface area contributed by atoms with Crippen molar-refractivity contribution in [3.8, 4) is 0 Å². The summed E-state index contributed by atoms with van der Waals surface area (Å²) in [5.74, 6) is -0.0455. The number of hydrogen-bond donors (Lipinski definition) is 1. The van der Waals surface area contributed by atoms with Crippen LogP contribution in [0.15, 0.2) is 27.4 Å². The number of carbonyl (C=O) groups is 2. The van der Waals surface area contributed by atoms with Crippen LogP contribution in [0.3, 0.4) is 0 Å². The standard InChI is InChI=1S/C22H24N2O4/c1-13-5-2-3-8-22(13)20(26)24(21(27)23-22)12-16-11-19(25)28-18-10-15-7-4-6-14(15)9-17(16)18/h9-11,13H,2-8,12H2,1H3,(H,23,27). The van der Waals surface area contributed by atoms with Crippen LogP contribution in [-0.4, -0.2) is 22.4 Å². The van der Waals surface area contributed by atoms with E-state index in [4.69, 9.17) is 4.42 Å². The Kier molecular flexibility index (Phi) is 3.86. The molecule has 1 spiro atoms. The van der Waals surface area contributed by atoms with Crippen molar-refractivity contribution in [3.63, 3.8) is 0 Å². The second kappa shape index (κ2) is 6.19. The molecule has 2 aliphatic carbocycles. The number of nitrogens with one attached hydrogen (secondary N) is 1. The van der Waals surface area contributed by atoms with Crippen LogP contribution in [0, 0.1) is 5.92 Å². The van der Waals surface area contributed by atoms with Gasteiger partial charge in [-0.25, -0.2) is 9.59 Å². The van der Waals surface area contributed by atoms with E-state index in [1.165, 1.54) is 22.1 Å². The molecule has 1 saturated heterocycles. The molecule has 0 bridgehead atoms.